The summed E-state index contributed by atoms with van der Waals surface area (Å²) in [5.74, 6) is 1.67. The third kappa shape index (κ3) is 6.49. The van der Waals surface area contributed by atoms with Crippen LogP contribution in [0.3, 0.4) is 0 Å². The van der Waals surface area contributed by atoms with E-state index >= 15 is 0 Å². The molecule has 1 aliphatic heterocycles. The van der Waals surface area contributed by atoms with E-state index in [-0.39, 0.29) is 5.91 Å². The summed E-state index contributed by atoms with van der Waals surface area (Å²) in [4.78, 5) is 26.1. The summed E-state index contributed by atoms with van der Waals surface area (Å²) in [5, 5.41) is 11.7. The van der Waals surface area contributed by atoms with Gasteiger partial charge < -0.3 is 20.3 Å². The van der Waals surface area contributed by atoms with Crippen LogP contribution in [0.25, 0.3) is 22.2 Å². The topological polar surface area (TPSA) is 100 Å². The van der Waals surface area contributed by atoms with Crippen LogP contribution in [0, 0.1) is 5.92 Å². The maximum atomic E-state index is 12.4. The zero-order chi connectivity index (χ0) is 28.9. The molecule has 0 saturated carbocycles. The molecule has 10 heteroatoms. The number of anilines is 4. The molecule has 5 rings (SSSR count). The third-order valence-electron chi connectivity index (χ3n) is 7.47. The molecule has 1 saturated heterocycles. The van der Waals surface area contributed by atoms with Gasteiger partial charge in [0, 0.05) is 56.3 Å². The van der Waals surface area contributed by atoms with Gasteiger partial charge in [0.15, 0.2) is 0 Å². The third-order valence-corrected chi connectivity index (χ3v) is 7.47. The highest BCUT2D eigenvalue weighted by Gasteiger charge is 2.22. The molecule has 1 fully saturated rings. The Bertz CT molecular complexity index is 1540. The van der Waals surface area contributed by atoms with Gasteiger partial charge in [-0.3, -0.25) is 14.4 Å². The maximum Gasteiger partial charge on any atom is 0.247 e. The molecule has 10 nitrogen and oxygen atoms in total. The number of ether oxygens (including phenoxy) is 1. The first-order chi connectivity index (χ1) is 19.8. The predicted octanol–water partition coefficient (Wildman–Crippen LogP) is 5.08. The molecule has 2 aromatic heterocycles. The summed E-state index contributed by atoms with van der Waals surface area (Å²) in [6.45, 7) is 12.9. The van der Waals surface area contributed by atoms with E-state index in [1.807, 2.05) is 48.3 Å². The van der Waals surface area contributed by atoms with Crippen molar-refractivity contribution in [2.45, 2.75) is 20.3 Å². The van der Waals surface area contributed by atoms with Gasteiger partial charge in [-0.2, -0.15) is 5.10 Å². The quantitative estimate of drug-likeness (QED) is 0.262. The first-order valence-corrected chi connectivity index (χ1v) is 14.0. The lowest BCUT2D eigenvalue weighted by atomic mass is 10.1. The lowest BCUT2D eigenvalue weighted by Gasteiger charge is -2.37. The number of rotatable bonds is 10. The number of piperazine rings is 1. The van der Waals surface area contributed by atoms with Crippen LogP contribution in [-0.2, 0) is 11.8 Å². The van der Waals surface area contributed by atoms with E-state index in [2.05, 4.69) is 62.0 Å². The molecule has 214 valence electrons. The van der Waals surface area contributed by atoms with Crippen molar-refractivity contribution in [2.24, 2.45) is 13.0 Å². The standard InChI is InChI=1S/C31H38N8O2/c1-6-31(40)36-25-16-26(29(41-5)18-28(25)39-13-11-38(12-14-39)10-9-21(2)3)35-30-17-24(32-20-33-30)22-7-8-27-23(15-22)19-34-37(27)4/h6-8,15-21H,1,9-14H2,2-5H3,(H,36,40)(H,32,33,35). The Labute approximate surface area is 241 Å². The molecule has 2 aromatic carbocycles. The second-order valence-electron chi connectivity index (χ2n) is 10.7. The minimum atomic E-state index is -0.270. The lowest BCUT2D eigenvalue weighted by molar-refractivity contribution is -0.111. The second kappa shape index (κ2) is 12.4. The Morgan fingerprint density at radius 1 is 1.10 bits per heavy atom. The SMILES string of the molecule is C=CC(=O)Nc1cc(Nc2cc(-c3ccc4c(cnn4C)c3)ncn2)c(OC)cc1N1CCN(CCC(C)C)CC1. The molecule has 0 radical (unpaired) electrons. The van der Waals surface area contributed by atoms with Crippen molar-refractivity contribution in [3.8, 4) is 17.0 Å². The molecule has 1 aliphatic rings. The minimum Gasteiger partial charge on any atom is -0.494 e. The summed E-state index contributed by atoms with van der Waals surface area (Å²) >= 11 is 0. The van der Waals surface area contributed by atoms with Gasteiger partial charge in [0.1, 0.15) is 17.9 Å². The molecule has 3 heterocycles. The van der Waals surface area contributed by atoms with Gasteiger partial charge in [-0.25, -0.2) is 9.97 Å². The van der Waals surface area contributed by atoms with Crippen molar-refractivity contribution in [1.82, 2.24) is 24.6 Å². The second-order valence-corrected chi connectivity index (χ2v) is 10.7. The fraction of sp³-hybridized carbons (Fsp3) is 0.355. The Morgan fingerprint density at radius 3 is 2.63 bits per heavy atom. The number of nitrogens with one attached hydrogen (secondary N) is 2. The lowest BCUT2D eigenvalue weighted by Crippen LogP contribution is -2.47. The van der Waals surface area contributed by atoms with Gasteiger partial charge in [-0.15, -0.1) is 0 Å². The van der Waals surface area contributed by atoms with Crippen LogP contribution in [0.1, 0.15) is 20.3 Å². The average molecular weight is 555 g/mol. The van der Waals surface area contributed by atoms with E-state index in [0.29, 0.717) is 28.9 Å². The zero-order valence-electron chi connectivity index (χ0n) is 24.2. The number of carbonyl (C=O) groups is 1. The number of methoxy groups -OCH3 is 1. The molecular weight excluding hydrogens is 516 g/mol. The maximum absolute atomic E-state index is 12.4. The number of nitrogens with zero attached hydrogens (tertiary/aromatic N) is 6. The Morgan fingerprint density at radius 2 is 1.90 bits per heavy atom. The van der Waals surface area contributed by atoms with Crippen molar-refractivity contribution < 1.29 is 9.53 Å². The van der Waals surface area contributed by atoms with Crippen molar-refractivity contribution in [3.63, 3.8) is 0 Å². The predicted molar refractivity (Wildman–Crippen MR) is 165 cm³/mol. The molecule has 0 bridgehead atoms. The molecule has 4 aromatic rings. The number of aromatic nitrogens is 4. The smallest absolute Gasteiger partial charge is 0.247 e. The molecule has 1 amide bonds. The molecule has 0 aliphatic carbocycles. The fourth-order valence-electron chi connectivity index (χ4n) is 5.08. The van der Waals surface area contributed by atoms with Crippen molar-refractivity contribution in [1.29, 1.82) is 0 Å². The van der Waals surface area contributed by atoms with Crippen LogP contribution < -0.4 is 20.3 Å². The average Bonchev–Trinajstić information content (AvgIpc) is 3.36. The molecular formula is C31H38N8O2. The van der Waals surface area contributed by atoms with E-state index in [0.717, 1.165) is 60.6 Å². The zero-order valence-corrected chi connectivity index (χ0v) is 24.2. The Kier molecular flexibility index (Phi) is 8.49. The van der Waals surface area contributed by atoms with Crippen LogP contribution in [0.5, 0.6) is 5.75 Å². The van der Waals surface area contributed by atoms with Crippen LogP contribution in [0.4, 0.5) is 22.9 Å². The highest BCUT2D eigenvalue weighted by molar-refractivity contribution is 6.02. The van der Waals surface area contributed by atoms with Crippen LogP contribution in [0.15, 0.2) is 61.6 Å². The van der Waals surface area contributed by atoms with Crippen molar-refractivity contribution in [2.75, 3.05) is 55.4 Å². The Balaban J connectivity index is 1.41. The summed E-state index contributed by atoms with van der Waals surface area (Å²) in [5.41, 5.74) is 5.07. The number of amides is 1. The summed E-state index contributed by atoms with van der Waals surface area (Å²) in [6, 6.07) is 11.9. The molecule has 2 N–H and O–H groups in total. The van der Waals surface area contributed by atoms with Crippen LogP contribution in [0.2, 0.25) is 0 Å². The highest BCUT2D eigenvalue weighted by Crippen LogP contribution is 2.39. The monoisotopic (exact) mass is 554 g/mol. The van der Waals surface area contributed by atoms with Crippen LogP contribution in [-0.4, -0.2) is 70.4 Å². The van der Waals surface area contributed by atoms with Gasteiger partial charge in [-0.1, -0.05) is 26.5 Å². The number of hydrogen-bond acceptors (Lipinski definition) is 8. The Hall–Kier alpha value is -4.44. The summed E-state index contributed by atoms with van der Waals surface area (Å²) in [6.07, 6.45) is 5.85. The number of hydrogen-bond donors (Lipinski definition) is 2. The van der Waals surface area contributed by atoms with E-state index in [9.17, 15) is 4.79 Å². The van der Waals surface area contributed by atoms with Gasteiger partial charge in [-0.05, 0) is 43.2 Å². The van der Waals surface area contributed by atoms with E-state index in [1.54, 1.807) is 7.11 Å². The largest absolute Gasteiger partial charge is 0.494 e. The van der Waals surface area contributed by atoms with Crippen molar-refractivity contribution >= 4 is 39.7 Å². The van der Waals surface area contributed by atoms with E-state index in [1.165, 1.54) is 18.8 Å². The number of benzene rings is 2. The van der Waals surface area contributed by atoms with E-state index < -0.39 is 0 Å². The molecule has 0 unspecified atom stereocenters. The molecule has 0 spiro atoms. The molecule has 41 heavy (non-hydrogen) atoms. The van der Waals surface area contributed by atoms with Crippen LogP contribution >= 0.6 is 0 Å². The van der Waals surface area contributed by atoms with Gasteiger partial charge in [0.25, 0.3) is 0 Å². The van der Waals surface area contributed by atoms with Gasteiger partial charge in [0.2, 0.25) is 5.91 Å². The number of fused-ring (bicyclic) bond motifs is 1. The summed E-state index contributed by atoms with van der Waals surface area (Å²) in [7, 11) is 3.57. The fourth-order valence-corrected chi connectivity index (χ4v) is 5.08. The number of aryl methyl sites for hydroxylation is 1. The first-order valence-electron chi connectivity index (χ1n) is 14.0. The minimum absolute atomic E-state index is 0.270. The number of carbonyl (C=O) groups excluding carboxylic acids is 1. The molecule has 0 atom stereocenters. The van der Waals surface area contributed by atoms with Gasteiger partial charge >= 0.3 is 0 Å². The van der Waals surface area contributed by atoms with Gasteiger partial charge in [0.05, 0.1) is 41.6 Å². The van der Waals surface area contributed by atoms with Crippen molar-refractivity contribution in [3.05, 3.63) is 61.6 Å². The normalized spacial score (nSPS) is 13.9. The van der Waals surface area contributed by atoms with E-state index in [4.69, 9.17) is 4.74 Å². The first kappa shape index (κ1) is 28.1. The highest BCUT2D eigenvalue weighted by atomic mass is 16.5. The summed E-state index contributed by atoms with van der Waals surface area (Å²) < 4.78 is 7.65.